The Bertz CT molecular complexity index is 692. The molecule has 0 saturated carbocycles. The third kappa shape index (κ3) is 1.84. The summed E-state index contributed by atoms with van der Waals surface area (Å²) in [4.78, 5) is 25.9. The average molecular weight is 272 g/mol. The number of nitrogens with one attached hydrogen (secondary N) is 1. The molecule has 1 atom stereocenters. The van der Waals surface area contributed by atoms with Gasteiger partial charge < -0.3 is 10.2 Å². The molecule has 3 rings (SSSR count). The van der Waals surface area contributed by atoms with Crippen LogP contribution in [0.5, 0.6) is 0 Å². The van der Waals surface area contributed by atoms with Crippen LogP contribution >= 0.6 is 0 Å². The maximum Gasteiger partial charge on any atom is 0.275 e. The van der Waals surface area contributed by atoms with E-state index in [1.54, 1.807) is 16.5 Å². The second-order valence-corrected chi connectivity index (χ2v) is 4.95. The van der Waals surface area contributed by atoms with Gasteiger partial charge in [-0.15, -0.1) is 0 Å². The number of hydrogen-bond acceptors (Lipinski definition) is 3. The molecule has 0 aliphatic carbocycles. The third-order valence-corrected chi connectivity index (χ3v) is 3.72. The maximum atomic E-state index is 12.7. The molecule has 1 unspecified atom stereocenters. The van der Waals surface area contributed by atoms with Crippen molar-refractivity contribution in [1.82, 2.24) is 20.0 Å². The van der Waals surface area contributed by atoms with Gasteiger partial charge in [0.1, 0.15) is 6.04 Å². The minimum Gasteiger partial charge on any atom is -0.353 e. The summed E-state index contributed by atoms with van der Waals surface area (Å²) in [6.07, 6.45) is 0. The number of piperazine rings is 1. The number of carbonyl (C=O) groups is 2. The van der Waals surface area contributed by atoms with Crippen molar-refractivity contribution in [3.8, 4) is 0 Å². The fourth-order valence-electron chi connectivity index (χ4n) is 2.57. The first-order valence-corrected chi connectivity index (χ1v) is 6.60. The number of amides is 2. The van der Waals surface area contributed by atoms with Crippen LogP contribution in [0, 0.1) is 0 Å². The molecule has 1 fully saturated rings. The van der Waals surface area contributed by atoms with Crippen molar-refractivity contribution < 1.29 is 9.59 Å². The number of aromatic nitrogens is 2. The van der Waals surface area contributed by atoms with E-state index in [1.807, 2.05) is 31.3 Å². The molecule has 20 heavy (non-hydrogen) atoms. The molecule has 1 aliphatic rings. The average Bonchev–Trinajstić information content (AvgIpc) is 2.79. The molecule has 1 N–H and O–H groups in total. The van der Waals surface area contributed by atoms with Crippen molar-refractivity contribution >= 4 is 22.7 Å². The summed E-state index contributed by atoms with van der Waals surface area (Å²) in [5, 5.41) is 7.89. The summed E-state index contributed by atoms with van der Waals surface area (Å²) in [6, 6.07) is 7.13. The highest BCUT2D eigenvalue weighted by atomic mass is 16.2. The van der Waals surface area contributed by atoms with Crippen LogP contribution in [0.15, 0.2) is 24.3 Å². The zero-order valence-electron chi connectivity index (χ0n) is 11.5. The molecule has 6 heteroatoms. The fraction of sp³-hybridized carbons (Fsp3) is 0.357. The van der Waals surface area contributed by atoms with Crippen molar-refractivity contribution in [2.75, 3.05) is 13.1 Å². The van der Waals surface area contributed by atoms with E-state index in [0.29, 0.717) is 18.8 Å². The normalized spacial score (nSPS) is 19.2. The minimum absolute atomic E-state index is 0.121. The Labute approximate surface area is 116 Å². The van der Waals surface area contributed by atoms with Crippen LogP contribution in [0.4, 0.5) is 0 Å². The van der Waals surface area contributed by atoms with Crippen LogP contribution < -0.4 is 5.32 Å². The summed E-state index contributed by atoms with van der Waals surface area (Å²) in [5.74, 6) is -0.311. The van der Waals surface area contributed by atoms with E-state index in [0.717, 1.165) is 10.9 Å². The minimum atomic E-state index is -0.461. The lowest BCUT2D eigenvalue weighted by Crippen LogP contribution is -2.55. The first-order valence-electron chi connectivity index (χ1n) is 6.60. The molecule has 1 aromatic heterocycles. The number of benzene rings is 1. The van der Waals surface area contributed by atoms with Crippen molar-refractivity contribution in [3.63, 3.8) is 0 Å². The number of carbonyl (C=O) groups excluding carboxylic acids is 2. The van der Waals surface area contributed by atoms with Gasteiger partial charge in [-0.1, -0.05) is 18.2 Å². The Morgan fingerprint density at radius 3 is 2.95 bits per heavy atom. The van der Waals surface area contributed by atoms with Crippen LogP contribution in [-0.4, -0.2) is 45.6 Å². The van der Waals surface area contributed by atoms with Gasteiger partial charge in [0.25, 0.3) is 5.91 Å². The van der Waals surface area contributed by atoms with Crippen molar-refractivity contribution in [2.45, 2.75) is 13.0 Å². The Hall–Kier alpha value is -2.37. The topological polar surface area (TPSA) is 67.2 Å². The first-order chi connectivity index (χ1) is 9.59. The largest absolute Gasteiger partial charge is 0.353 e. The van der Waals surface area contributed by atoms with Gasteiger partial charge in [-0.05, 0) is 13.0 Å². The molecule has 104 valence electrons. The van der Waals surface area contributed by atoms with Crippen molar-refractivity contribution in [2.24, 2.45) is 7.05 Å². The lowest BCUT2D eigenvalue weighted by molar-refractivity contribution is -0.127. The van der Waals surface area contributed by atoms with Gasteiger partial charge in [0.15, 0.2) is 5.69 Å². The molecule has 1 saturated heterocycles. The number of rotatable bonds is 1. The smallest absolute Gasteiger partial charge is 0.275 e. The molecule has 2 amide bonds. The summed E-state index contributed by atoms with van der Waals surface area (Å²) in [6.45, 7) is 2.73. The van der Waals surface area contributed by atoms with Crippen LogP contribution in [0.3, 0.4) is 0 Å². The highest BCUT2D eigenvalue weighted by Gasteiger charge is 2.32. The van der Waals surface area contributed by atoms with Crippen LogP contribution in [0.1, 0.15) is 17.4 Å². The van der Waals surface area contributed by atoms with E-state index in [1.165, 1.54) is 0 Å². The number of aryl methyl sites for hydroxylation is 1. The van der Waals surface area contributed by atoms with E-state index in [2.05, 4.69) is 10.4 Å². The highest BCUT2D eigenvalue weighted by molar-refractivity contribution is 6.06. The van der Waals surface area contributed by atoms with Gasteiger partial charge in [-0.3, -0.25) is 14.3 Å². The number of fused-ring (bicyclic) bond motifs is 1. The number of para-hydroxylation sites is 1. The molecule has 1 aromatic carbocycles. The Morgan fingerprint density at radius 2 is 2.15 bits per heavy atom. The second-order valence-electron chi connectivity index (χ2n) is 4.95. The zero-order valence-corrected chi connectivity index (χ0v) is 11.5. The summed E-state index contributed by atoms with van der Waals surface area (Å²) >= 11 is 0. The van der Waals surface area contributed by atoms with Crippen LogP contribution in [0.2, 0.25) is 0 Å². The monoisotopic (exact) mass is 272 g/mol. The maximum absolute atomic E-state index is 12.7. The lowest BCUT2D eigenvalue weighted by atomic mass is 10.1. The molecular weight excluding hydrogens is 256 g/mol. The van der Waals surface area contributed by atoms with Gasteiger partial charge in [-0.25, -0.2) is 0 Å². The zero-order chi connectivity index (χ0) is 14.3. The second kappa shape index (κ2) is 4.63. The Kier molecular flexibility index (Phi) is 2.93. The fourth-order valence-corrected chi connectivity index (χ4v) is 2.57. The van der Waals surface area contributed by atoms with Gasteiger partial charge in [0.05, 0.1) is 5.52 Å². The predicted octanol–water partition coefficient (Wildman–Crippen LogP) is 0.534. The van der Waals surface area contributed by atoms with E-state index >= 15 is 0 Å². The lowest BCUT2D eigenvalue weighted by Gasteiger charge is -2.32. The molecule has 1 aliphatic heterocycles. The Balaban J connectivity index is 2.02. The number of hydrogen-bond donors (Lipinski definition) is 1. The quantitative estimate of drug-likeness (QED) is 0.823. The summed E-state index contributed by atoms with van der Waals surface area (Å²) in [5.41, 5.74) is 1.31. The van der Waals surface area contributed by atoms with Gasteiger partial charge in [0.2, 0.25) is 5.91 Å². The molecule has 2 aromatic rings. The van der Waals surface area contributed by atoms with Crippen LogP contribution in [-0.2, 0) is 11.8 Å². The first kappa shape index (κ1) is 12.7. The highest BCUT2D eigenvalue weighted by Crippen LogP contribution is 2.20. The molecule has 0 radical (unpaired) electrons. The van der Waals surface area contributed by atoms with Crippen molar-refractivity contribution in [1.29, 1.82) is 0 Å². The van der Waals surface area contributed by atoms with Crippen molar-refractivity contribution in [3.05, 3.63) is 30.0 Å². The predicted molar refractivity (Wildman–Crippen MR) is 74.2 cm³/mol. The molecule has 0 bridgehead atoms. The number of nitrogens with zero attached hydrogens (tertiary/aromatic N) is 3. The Morgan fingerprint density at radius 1 is 1.40 bits per heavy atom. The van der Waals surface area contributed by atoms with E-state index < -0.39 is 6.04 Å². The molecule has 2 heterocycles. The molecule has 6 nitrogen and oxygen atoms in total. The summed E-state index contributed by atoms with van der Waals surface area (Å²) in [7, 11) is 1.81. The van der Waals surface area contributed by atoms with Crippen LogP contribution in [0.25, 0.3) is 10.9 Å². The van der Waals surface area contributed by atoms with Gasteiger partial charge in [-0.2, -0.15) is 5.10 Å². The standard InChI is InChI=1S/C14H16N4O2/c1-9-13(19)15-7-8-18(9)14(20)12-10-5-3-4-6-11(10)17(2)16-12/h3-6,9H,7-8H2,1-2H3,(H,15,19). The molecular formula is C14H16N4O2. The summed E-state index contributed by atoms with van der Waals surface area (Å²) < 4.78 is 1.69. The van der Waals surface area contributed by atoms with E-state index in [9.17, 15) is 9.59 Å². The third-order valence-electron chi connectivity index (χ3n) is 3.72. The van der Waals surface area contributed by atoms with Gasteiger partial charge >= 0.3 is 0 Å². The van der Waals surface area contributed by atoms with E-state index in [-0.39, 0.29) is 11.8 Å². The van der Waals surface area contributed by atoms with Gasteiger partial charge in [0, 0.05) is 25.5 Å². The van der Waals surface area contributed by atoms with E-state index in [4.69, 9.17) is 0 Å². The molecule has 0 spiro atoms. The SMILES string of the molecule is CC1C(=O)NCCN1C(=O)c1nn(C)c2ccccc12.